The summed E-state index contributed by atoms with van der Waals surface area (Å²) in [5, 5.41) is 11.7. The Bertz CT molecular complexity index is 1660. The second-order valence-corrected chi connectivity index (χ2v) is 9.35. The van der Waals surface area contributed by atoms with E-state index in [1.165, 1.54) is 6.33 Å². The maximum absolute atomic E-state index is 6.11. The third-order valence-electron chi connectivity index (χ3n) is 6.94. The highest BCUT2D eigenvalue weighted by molar-refractivity contribution is 5.97. The first kappa shape index (κ1) is 23.7. The number of benzene rings is 2. The van der Waals surface area contributed by atoms with Gasteiger partial charge in [-0.15, -0.1) is 0 Å². The molecule has 0 saturated heterocycles. The van der Waals surface area contributed by atoms with Crippen LogP contribution < -0.4 is 15.4 Å². The summed E-state index contributed by atoms with van der Waals surface area (Å²) in [7, 11) is 0. The summed E-state index contributed by atoms with van der Waals surface area (Å²) >= 11 is 0. The molecule has 38 heavy (non-hydrogen) atoms. The van der Waals surface area contributed by atoms with Gasteiger partial charge >= 0.3 is 0 Å². The molecule has 192 valence electrons. The molecule has 0 radical (unpaired) electrons. The summed E-state index contributed by atoms with van der Waals surface area (Å²) in [5.41, 5.74) is 4.14. The van der Waals surface area contributed by atoms with Gasteiger partial charge in [-0.2, -0.15) is 5.10 Å². The van der Waals surface area contributed by atoms with Crippen LogP contribution in [0.3, 0.4) is 0 Å². The first-order chi connectivity index (χ1) is 18.5. The van der Waals surface area contributed by atoms with Crippen LogP contribution in [0.1, 0.15) is 32.3 Å². The number of amidine groups is 1. The van der Waals surface area contributed by atoms with Crippen LogP contribution in [-0.2, 0) is 4.74 Å². The van der Waals surface area contributed by atoms with E-state index in [1.807, 2.05) is 61.7 Å². The van der Waals surface area contributed by atoms with E-state index in [4.69, 9.17) is 14.5 Å². The molecule has 3 aromatic heterocycles. The van der Waals surface area contributed by atoms with Gasteiger partial charge in [-0.05, 0) is 67.8 Å². The molecular formula is C28H28N8O2. The van der Waals surface area contributed by atoms with Gasteiger partial charge in [0.25, 0.3) is 6.02 Å². The molecule has 1 aliphatic rings. The van der Waals surface area contributed by atoms with E-state index in [0.29, 0.717) is 24.2 Å². The monoisotopic (exact) mass is 508 g/mol. The first-order valence-electron chi connectivity index (χ1n) is 12.6. The number of ether oxygens (including phenoxy) is 2. The summed E-state index contributed by atoms with van der Waals surface area (Å²) in [6.07, 6.45) is 6.77. The quantitative estimate of drug-likeness (QED) is 0.281. The van der Waals surface area contributed by atoms with E-state index < -0.39 is 0 Å². The molecule has 0 aliphatic carbocycles. The lowest BCUT2D eigenvalue weighted by Crippen LogP contribution is -2.25. The van der Waals surface area contributed by atoms with Crippen molar-refractivity contribution >= 4 is 39.8 Å². The number of hydrogen-bond acceptors (Lipinski definition) is 9. The number of anilines is 3. The van der Waals surface area contributed by atoms with Gasteiger partial charge in [0.1, 0.15) is 36.6 Å². The SMILES string of the molecule is CCC1(CC)COC(Nc2ccc3ncnc(Nc4ccc(Oc5ccn6ncnc6c5)c(C)c4)c3c2)=N1. The van der Waals surface area contributed by atoms with E-state index in [1.54, 1.807) is 10.8 Å². The highest BCUT2D eigenvalue weighted by Gasteiger charge is 2.33. The van der Waals surface area contributed by atoms with Crippen molar-refractivity contribution in [3.63, 3.8) is 0 Å². The summed E-state index contributed by atoms with van der Waals surface area (Å²) in [4.78, 5) is 17.9. The molecule has 0 atom stereocenters. The average Bonchev–Trinajstić information content (AvgIpc) is 3.58. The standard InChI is InChI=1S/C28H28N8O2/c1-4-28(5-2)15-37-27(35-28)34-20-6-8-23-22(13-20)26(31-16-29-23)33-19-7-9-24(18(3)12-19)38-21-10-11-36-25(14-21)30-17-32-36/h6-14,16-17H,4-5,15H2,1-3H3,(H,34,35)(H,29,31,33). The van der Waals surface area contributed by atoms with Crippen LogP contribution in [0.4, 0.5) is 17.2 Å². The lowest BCUT2D eigenvalue weighted by molar-refractivity contribution is 0.243. The van der Waals surface area contributed by atoms with E-state index in [0.717, 1.165) is 52.1 Å². The lowest BCUT2D eigenvalue weighted by Gasteiger charge is -2.18. The number of fused-ring (bicyclic) bond motifs is 2. The Morgan fingerprint density at radius 3 is 2.61 bits per heavy atom. The number of nitrogens with one attached hydrogen (secondary N) is 2. The zero-order valence-corrected chi connectivity index (χ0v) is 21.5. The number of aliphatic imine (C=N–C) groups is 1. The fourth-order valence-electron chi connectivity index (χ4n) is 4.48. The number of aromatic nitrogens is 5. The molecule has 0 fully saturated rings. The fourth-order valence-corrected chi connectivity index (χ4v) is 4.48. The van der Waals surface area contributed by atoms with Gasteiger partial charge < -0.3 is 20.1 Å². The second kappa shape index (κ2) is 9.62. The Morgan fingerprint density at radius 1 is 0.947 bits per heavy atom. The maximum atomic E-state index is 6.11. The van der Waals surface area contributed by atoms with Gasteiger partial charge in [0, 0.05) is 29.0 Å². The van der Waals surface area contributed by atoms with Crippen molar-refractivity contribution in [1.29, 1.82) is 0 Å². The zero-order chi connectivity index (χ0) is 26.1. The van der Waals surface area contributed by atoms with Crippen LogP contribution in [0.5, 0.6) is 11.5 Å². The number of aryl methyl sites for hydroxylation is 1. The van der Waals surface area contributed by atoms with Crippen LogP contribution in [0, 0.1) is 6.92 Å². The molecule has 1 aliphatic heterocycles. The minimum Gasteiger partial charge on any atom is -0.462 e. The smallest absolute Gasteiger partial charge is 0.289 e. The Kier molecular flexibility index (Phi) is 5.99. The highest BCUT2D eigenvalue weighted by Crippen LogP contribution is 2.31. The average molecular weight is 509 g/mol. The Morgan fingerprint density at radius 2 is 1.79 bits per heavy atom. The summed E-state index contributed by atoms with van der Waals surface area (Å²) in [5.74, 6) is 2.16. The molecule has 5 aromatic rings. The number of nitrogens with zero attached hydrogens (tertiary/aromatic N) is 6. The van der Waals surface area contributed by atoms with Crippen molar-refractivity contribution in [3.05, 3.63) is 72.9 Å². The lowest BCUT2D eigenvalue weighted by atomic mass is 9.96. The van der Waals surface area contributed by atoms with Crippen molar-refractivity contribution in [2.75, 3.05) is 17.2 Å². The predicted octanol–water partition coefficient (Wildman–Crippen LogP) is 5.87. The Labute approximate surface area is 219 Å². The summed E-state index contributed by atoms with van der Waals surface area (Å²) in [6, 6.07) is 16.1. The van der Waals surface area contributed by atoms with E-state index >= 15 is 0 Å². The number of pyridine rings is 1. The number of rotatable bonds is 7. The van der Waals surface area contributed by atoms with Gasteiger partial charge in [0.2, 0.25) is 0 Å². The van der Waals surface area contributed by atoms with E-state index in [-0.39, 0.29) is 5.54 Å². The fraction of sp³-hybridized carbons (Fsp3) is 0.250. The van der Waals surface area contributed by atoms with Crippen molar-refractivity contribution in [3.8, 4) is 11.5 Å². The van der Waals surface area contributed by atoms with Gasteiger partial charge in [-0.1, -0.05) is 13.8 Å². The molecule has 2 N–H and O–H groups in total. The van der Waals surface area contributed by atoms with Crippen molar-refractivity contribution in [2.24, 2.45) is 4.99 Å². The van der Waals surface area contributed by atoms with Crippen LogP contribution in [-0.4, -0.2) is 42.7 Å². The molecule has 0 unspecified atom stereocenters. The topological polar surface area (TPSA) is 111 Å². The van der Waals surface area contributed by atoms with E-state index in [9.17, 15) is 0 Å². The molecule has 2 aromatic carbocycles. The molecule has 10 heteroatoms. The summed E-state index contributed by atoms with van der Waals surface area (Å²) < 4.78 is 13.6. The summed E-state index contributed by atoms with van der Waals surface area (Å²) in [6.45, 7) is 6.89. The third kappa shape index (κ3) is 4.56. The van der Waals surface area contributed by atoms with Gasteiger partial charge in [-0.25, -0.2) is 24.5 Å². The van der Waals surface area contributed by atoms with Crippen molar-refractivity contribution < 1.29 is 9.47 Å². The minimum absolute atomic E-state index is 0.147. The molecule has 10 nitrogen and oxygen atoms in total. The Balaban J connectivity index is 1.22. The van der Waals surface area contributed by atoms with Crippen molar-refractivity contribution in [1.82, 2.24) is 24.6 Å². The van der Waals surface area contributed by atoms with E-state index in [2.05, 4.69) is 44.5 Å². The van der Waals surface area contributed by atoms with Crippen molar-refractivity contribution in [2.45, 2.75) is 39.2 Å². The molecule has 0 amide bonds. The minimum atomic E-state index is -0.147. The predicted molar refractivity (Wildman–Crippen MR) is 147 cm³/mol. The Hall–Kier alpha value is -4.73. The third-order valence-corrected chi connectivity index (χ3v) is 6.94. The molecule has 0 bridgehead atoms. The molecular weight excluding hydrogens is 480 g/mol. The van der Waals surface area contributed by atoms with Crippen LogP contribution in [0.2, 0.25) is 0 Å². The molecule has 6 rings (SSSR count). The molecule has 4 heterocycles. The highest BCUT2D eigenvalue weighted by atomic mass is 16.5. The largest absolute Gasteiger partial charge is 0.462 e. The molecule has 0 saturated carbocycles. The van der Waals surface area contributed by atoms with Gasteiger partial charge in [0.15, 0.2) is 5.65 Å². The second-order valence-electron chi connectivity index (χ2n) is 9.35. The van der Waals surface area contributed by atoms with Crippen LogP contribution >= 0.6 is 0 Å². The first-order valence-corrected chi connectivity index (χ1v) is 12.6. The normalized spacial score (nSPS) is 14.3. The molecule has 0 spiro atoms. The van der Waals surface area contributed by atoms with Crippen LogP contribution in [0.25, 0.3) is 16.6 Å². The van der Waals surface area contributed by atoms with Crippen LogP contribution in [0.15, 0.2) is 72.4 Å². The number of hydrogen-bond donors (Lipinski definition) is 2. The van der Waals surface area contributed by atoms with Gasteiger partial charge in [-0.3, -0.25) is 0 Å². The van der Waals surface area contributed by atoms with Gasteiger partial charge in [0.05, 0.1) is 11.1 Å². The maximum Gasteiger partial charge on any atom is 0.289 e. The zero-order valence-electron chi connectivity index (χ0n) is 21.5.